The van der Waals surface area contributed by atoms with E-state index in [-0.39, 0.29) is 17.7 Å². The molecule has 2 saturated heterocycles. The highest BCUT2D eigenvalue weighted by Crippen LogP contribution is 2.27. The molecule has 1 amide bonds. The van der Waals surface area contributed by atoms with E-state index in [4.69, 9.17) is 0 Å². The van der Waals surface area contributed by atoms with Gasteiger partial charge in [0.1, 0.15) is 5.75 Å². The van der Waals surface area contributed by atoms with Crippen molar-refractivity contribution in [2.75, 3.05) is 13.1 Å². The van der Waals surface area contributed by atoms with Crippen molar-refractivity contribution in [3.8, 4) is 5.75 Å². The van der Waals surface area contributed by atoms with Crippen molar-refractivity contribution in [1.82, 2.24) is 10.2 Å². The molecule has 2 aliphatic heterocycles. The molecule has 2 N–H and O–H groups in total. The number of nitrogens with one attached hydrogen (secondary N) is 1. The predicted molar refractivity (Wildman–Crippen MR) is 77.8 cm³/mol. The summed E-state index contributed by atoms with van der Waals surface area (Å²) >= 11 is 0. The number of amides is 1. The van der Waals surface area contributed by atoms with Crippen molar-refractivity contribution in [1.29, 1.82) is 0 Å². The molecule has 0 spiro atoms. The Hall–Kier alpha value is -1.55. The van der Waals surface area contributed by atoms with Crippen LogP contribution < -0.4 is 5.32 Å². The van der Waals surface area contributed by atoms with Gasteiger partial charge in [-0.1, -0.05) is 12.1 Å². The van der Waals surface area contributed by atoms with Crippen LogP contribution in [0.3, 0.4) is 0 Å². The maximum Gasteiger partial charge on any atom is 0.257 e. The number of hydrogen-bond donors (Lipinski definition) is 2. The fourth-order valence-corrected chi connectivity index (χ4v) is 3.48. The summed E-state index contributed by atoms with van der Waals surface area (Å²) in [5, 5.41) is 13.4. The SMILES string of the molecule is O=C(c1ccccc1O)N1CCCCC1C1CCCN1. The van der Waals surface area contributed by atoms with Gasteiger partial charge < -0.3 is 15.3 Å². The number of aromatic hydroxyl groups is 1. The van der Waals surface area contributed by atoms with Crippen molar-refractivity contribution < 1.29 is 9.90 Å². The van der Waals surface area contributed by atoms with Gasteiger partial charge in [0.25, 0.3) is 5.91 Å². The smallest absolute Gasteiger partial charge is 0.257 e. The van der Waals surface area contributed by atoms with Crippen LogP contribution in [-0.4, -0.2) is 41.1 Å². The van der Waals surface area contributed by atoms with Gasteiger partial charge in [-0.25, -0.2) is 0 Å². The first-order chi connectivity index (χ1) is 9.77. The summed E-state index contributed by atoms with van der Waals surface area (Å²) in [4.78, 5) is 14.7. The Morgan fingerprint density at radius 2 is 2.05 bits per heavy atom. The Balaban J connectivity index is 1.82. The zero-order valence-corrected chi connectivity index (χ0v) is 11.7. The van der Waals surface area contributed by atoms with Crippen molar-refractivity contribution in [2.45, 2.75) is 44.2 Å². The summed E-state index contributed by atoms with van der Waals surface area (Å²) < 4.78 is 0. The third-order valence-corrected chi connectivity index (χ3v) is 4.51. The Kier molecular flexibility index (Phi) is 3.92. The van der Waals surface area contributed by atoms with Crippen LogP contribution in [0, 0.1) is 0 Å². The summed E-state index contributed by atoms with van der Waals surface area (Å²) in [7, 11) is 0. The molecule has 108 valence electrons. The summed E-state index contributed by atoms with van der Waals surface area (Å²) in [5.41, 5.74) is 0.428. The van der Waals surface area contributed by atoms with Crippen molar-refractivity contribution >= 4 is 5.91 Å². The zero-order valence-electron chi connectivity index (χ0n) is 11.7. The first-order valence-corrected chi connectivity index (χ1v) is 7.60. The molecule has 20 heavy (non-hydrogen) atoms. The van der Waals surface area contributed by atoms with E-state index in [0.717, 1.165) is 32.4 Å². The van der Waals surface area contributed by atoms with Crippen LogP contribution in [0.5, 0.6) is 5.75 Å². The normalized spacial score (nSPS) is 26.7. The highest BCUT2D eigenvalue weighted by molar-refractivity contribution is 5.97. The van der Waals surface area contributed by atoms with Gasteiger partial charge in [-0.05, 0) is 50.8 Å². The molecule has 0 aromatic heterocycles. The fraction of sp³-hybridized carbons (Fsp3) is 0.562. The van der Waals surface area contributed by atoms with E-state index in [2.05, 4.69) is 5.32 Å². The van der Waals surface area contributed by atoms with Crippen LogP contribution in [0.1, 0.15) is 42.5 Å². The van der Waals surface area contributed by atoms with Gasteiger partial charge in [0.2, 0.25) is 0 Å². The van der Waals surface area contributed by atoms with Crippen LogP contribution in [0.4, 0.5) is 0 Å². The minimum Gasteiger partial charge on any atom is -0.507 e. The standard InChI is InChI=1S/C16H22N2O2/c19-15-9-2-1-6-12(15)16(20)18-11-4-3-8-14(18)13-7-5-10-17-13/h1-2,6,9,13-14,17,19H,3-5,7-8,10-11H2. The number of benzene rings is 1. The second-order valence-corrected chi connectivity index (χ2v) is 5.78. The van der Waals surface area contributed by atoms with Gasteiger partial charge in [-0.3, -0.25) is 4.79 Å². The maximum absolute atomic E-state index is 12.7. The molecule has 2 unspecified atom stereocenters. The van der Waals surface area contributed by atoms with Gasteiger partial charge in [-0.15, -0.1) is 0 Å². The summed E-state index contributed by atoms with van der Waals surface area (Å²) in [5.74, 6) is 0.0581. The van der Waals surface area contributed by atoms with Crippen molar-refractivity contribution in [3.05, 3.63) is 29.8 Å². The average molecular weight is 274 g/mol. The summed E-state index contributed by atoms with van der Waals surface area (Å²) in [6.07, 6.45) is 5.65. The van der Waals surface area contributed by atoms with Crippen LogP contribution in [-0.2, 0) is 0 Å². The van der Waals surface area contributed by atoms with E-state index in [1.165, 1.54) is 12.8 Å². The van der Waals surface area contributed by atoms with E-state index in [1.54, 1.807) is 24.3 Å². The minimum atomic E-state index is -0.0264. The van der Waals surface area contributed by atoms with E-state index < -0.39 is 0 Å². The van der Waals surface area contributed by atoms with Gasteiger partial charge in [0.05, 0.1) is 5.56 Å². The Labute approximate surface area is 119 Å². The molecule has 2 aliphatic rings. The van der Waals surface area contributed by atoms with Gasteiger partial charge in [-0.2, -0.15) is 0 Å². The second-order valence-electron chi connectivity index (χ2n) is 5.78. The topological polar surface area (TPSA) is 52.6 Å². The van der Waals surface area contributed by atoms with Crippen LogP contribution in [0.2, 0.25) is 0 Å². The maximum atomic E-state index is 12.7. The summed E-state index contributed by atoms with van der Waals surface area (Å²) in [6, 6.07) is 7.55. The molecule has 0 radical (unpaired) electrons. The molecule has 3 rings (SSSR count). The van der Waals surface area contributed by atoms with Gasteiger partial charge in [0, 0.05) is 18.6 Å². The molecule has 2 fully saturated rings. The third-order valence-electron chi connectivity index (χ3n) is 4.51. The molecular weight excluding hydrogens is 252 g/mol. The lowest BCUT2D eigenvalue weighted by molar-refractivity contribution is 0.0560. The second kappa shape index (κ2) is 5.83. The van der Waals surface area contributed by atoms with Crippen molar-refractivity contribution in [2.24, 2.45) is 0 Å². The molecule has 0 bridgehead atoms. The van der Waals surface area contributed by atoms with E-state index >= 15 is 0 Å². The molecule has 1 aromatic carbocycles. The molecule has 1 aromatic rings. The number of rotatable bonds is 2. The fourth-order valence-electron chi connectivity index (χ4n) is 3.48. The number of para-hydroxylation sites is 1. The number of nitrogens with zero attached hydrogens (tertiary/aromatic N) is 1. The molecule has 4 heteroatoms. The van der Waals surface area contributed by atoms with Crippen LogP contribution in [0.15, 0.2) is 24.3 Å². The average Bonchev–Trinajstić information content (AvgIpc) is 3.01. The number of phenols is 1. The van der Waals surface area contributed by atoms with Crippen molar-refractivity contribution in [3.63, 3.8) is 0 Å². The number of carbonyl (C=O) groups is 1. The molecule has 4 nitrogen and oxygen atoms in total. The Morgan fingerprint density at radius 1 is 1.20 bits per heavy atom. The molecule has 0 aliphatic carbocycles. The lowest BCUT2D eigenvalue weighted by Gasteiger charge is -2.39. The molecule has 0 saturated carbocycles. The third kappa shape index (κ3) is 2.52. The first kappa shape index (κ1) is 13.4. The highest BCUT2D eigenvalue weighted by Gasteiger charge is 2.35. The molecule has 2 atom stereocenters. The quantitative estimate of drug-likeness (QED) is 0.868. The lowest BCUT2D eigenvalue weighted by atomic mass is 9.93. The predicted octanol–water partition coefficient (Wildman–Crippen LogP) is 2.14. The first-order valence-electron chi connectivity index (χ1n) is 7.60. The van der Waals surface area contributed by atoms with Crippen LogP contribution in [0.25, 0.3) is 0 Å². The number of likely N-dealkylation sites (tertiary alicyclic amines) is 1. The highest BCUT2D eigenvalue weighted by atomic mass is 16.3. The molecular formula is C16H22N2O2. The minimum absolute atomic E-state index is 0.0264. The van der Waals surface area contributed by atoms with E-state index in [9.17, 15) is 9.90 Å². The number of piperidine rings is 1. The monoisotopic (exact) mass is 274 g/mol. The number of carbonyl (C=O) groups excluding carboxylic acids is 1. The summed E-state index contributed by atoms with van der Waals surface area (Å²) in [6.45, 7) is 1.86. The number of hydrogen-bond acceptors (Lipinski definition) is 3. The number of phenolic OH excluding ortho intramolecular Hbond substituents is 1. The van der Waals surface area contributed by atoms with E-state index in [1.807, 2.05) is 4.90 Å². The zero-order chi connectivity index (χ0) is 13.9. The molecule has 2 heterocycles. The van der Waals surface area contributed by atoms with Gasteiger partial charge >= 0.3 is 0 Å². The van der Waals surface area contributed by atoms with Crippen LogP contribution >= 0.6 is 0 Å². The Morgan fingerprint density at radius 3 is 2.80 bits per heavy atom. The largest absolute Gasteiger partial charge is 0.507 e. The van der Waals surface area contributed by atoms with Gasteiger partial charge in [0.15, 0.2) is 0 Å². The van der Waals surface area contributed by atoms with E-state index in [0.29, 0.717) is 11.6 Å². The lowest BCUT2D eigenvalue weighted by Crippen LogP contribution is -2.52. The Bertz CT molecular complexity index is 483.